The summed E-state index contributed by atoms with van der Waals surface area (Å²) in [7, 11) is 0. The van der Waals surface area contributed by atoms with Gasteiger partial charge in [-0.15, -0.1) is 13.2 Å². The summed E-state index contributed by atoms with van der Waals surface area (Å²) >= 11 is 5.79. The number of aromatic nitrogens is 1. The van der Waals surface area contributed by atoms with E-state index >= 15 is 0 Å². The molecule has 14 heteroatoms. The molecule has 1 aliphatic heterocycles. The van der Waals surface area contributed by atoms with Gasteiger partial charge in [-0.2, -0.15) is 0 Å². The second-order valence-electron chi connectivity index (χ2n) is 10.7. The maximum atomic E-state index is 14.6. The number of carbonyl (C=O) groups is 3. The largest absolute Gasteiger partial charge is 0.573 e. The average molecular weight is 676 g/mol. The molecule has 1 aliphatic rings. The topological polar surface area (TPSA) is 80.6 Å². The third-order valence-electron chi connectivity index (χ3n) is 7.45. The molecule has 0 spiro atoms. The van der Waals surface area contributed by atoms with E-state index < -0.39 is 47.8 Å². The predicted molar refractivity (Wildman–Crippen MR) is 159 cm³/mol. The highest BCUT2D eigenvalue weighted by atomic mass is 35.5. The third kappa shape index (κ3) is 7.55. The van der Waals surface area contributed by atoms with Crippen molar-refractivity contribution in [2.45, 2.75) is 45.0 Å². The summed E-state index contributed by atoms with van der Waals surface area (Å²) in [5.41, 5.74) is 0.695. The van der Waals surface area contributed by atoms with Crippen LogP contribution < -0.4 is 10.1 Å². The van der Waals surface area contributed by atoms with Crippen LogP contribution in [0.5, 0.6) is 5.75 Å². The van der Waals surface area contributed by atoms with Gasteiger partial charge < -0.3 is 19.5 Å². The minimum Gasteiger partial charge on any atom is -0.403 e. The van der Waals surface area contributed by atoms with Crippen molar-refractivity contribution in [3.63, 3.8) is 0 Å². The van der Waals surface area contributed by atoms with E-state index in [1.165, 1.54) is 54.1 Å². The number of hydrogen-bond donors (Lipinski definition) is 1. The lowest BCUT2D eigenvalue weighted by atomic mass is 10.1. The highest BCUT2D eigenvalue weighted by Gasteiger charge is 2.40. The zero-order valence-corrected chi connectivity index (χ0v) is 25.2. The number of amides is 2. The molecule has 0 unspecified atom stereocenters. The Morgan fingerprint density at radius 2 is 1.79 bits per heavy atom. The van der Waals surface area contributed by atoms with Crippen molar-refractivity contribution in [2.75, 3.05) is 6.54 Å². The number of fused-ring (bicyclic) bond motifs is 1. The smallest absolute Gasteiger partial charge is 0.403 e. The number of carbonyl (C=O) groups excluding carboxylic acids is 3. The summed E-state index contributed by atoms with van der Waals surface area (Å²) < 4.78 is 86.2. The van der Waals surface area contributed by atoms with Crippen molar-refractivity contribution in [3.8, 4) is 17.6 Å². The molecule has 1 N–H and O–H groups in total. The lowest BCUT2D eigenvalue weighted by Crippen LogP contribution is -2.46. The van der Waals surface area contributed by atoms with Gasteiger partial charge >= 0.3 is 6.36 Å². The molecule has 2 heterocycles. The van der Waals surface area contributed by atoms with E-state index in [2.05, 4.69) is 21.9 Å². The van der Waals surface area contributed by atoms with Crippen LogP contribution in [0.2, 0.25) is 5.02 Å². The van der Waals surface area contributed by atoms with Crippen LogP contribution in [-0.4, -0.2) is 52.2 Å². The number of nitrogens with zero attached hydrogens (tertiary/aromatic N) is 2. The van der Waals surface area contributed by atoms with Crippen molar-refractivity contribution in [1.29, 1.82) is 0 Å². The summed E-state index contributed by atoms with van der Waals surface area (Å²) in [6.45, 7) is 0.381. The van der Waals surface area contributed by atoms with Crippen molar-refractivity contribution in [3.05, 3.63) is 99.7 Å². The molecule has 0 saturated carbocycles. The molecule has 7 nitrogen and oxygen atoms in total. The number of benzene rings is 3. The highest BCUT2D eigenvalue weighted by Crippen LogP contribution is 2.28. The van der Waals surface area contributed by atoms with Crippen LogP contribution >= 0.6 is 11.6 Å². The van der Waals surface area contributed by atoms with Gasteiger partial charge in [0.05, 0.1) is 17.1 Å². The number of ether oxygens (including phenoxy) is 1. The first-order valence-electron chi connectivity index (χ1n) is 14.1. The van der Waals surface area contributed by atoms with E-state index in [4.69, 9.17) is 11.6 Å². The Morgan fingerprint density at radius 1 is 1.04 bits per heavy atom. The second-order valence-corrected chi connectivity index (χ2v) is 11.1. The quantitative estimate of drug-likeness (QED) is 0.141. The molecule has 2 amide bonds. The first-order chi connectivity index (χ1) is 22.2. The molecule has 3 aromatic carbocycles. The fourth-order valence-electron chi connectivity index (χ4n) is 5.27. The molecule has 4 aromatic rings. The minimum atomic E-state index is -5.09. The van der Waals surface area contributed by atoms with Crippen LogP contribution in [0.3, 0.4) is 0 Å². The summed E-state index contributed by atoms with van der Waals surface area (Å²) in [5, 5.41) is 2.79. The molecule has 0 bridgehead atoms. The fourth-order valence-corrected chi connectivity index (χ4v) is 5.46. The number of hydrogen-bond acceptors (Lipinski definition) is 4. The SMILES string of the molecule is CC(=O)c1cn(CC(=O)N2C[C@H](F)C[C@H]2C(=O)NCc2cccc(Cl)c2F)c2ccc(C#Cc3cccc(OC(F)(F)F)c3F)cc12. The van der Waals surface area contributed by atoms with Crippen molar-refractivity contribution < 1.29 is 45.5 Å². The molecule has 1 aromatic heterocycles. The highest BCUT2D eigenvalue weighted by molar-refractivity contribution is 6.30. The molecule has 0 aliphatic carbocycles. The third-order valence-corrected chi connectivity index (χ3v) is 7.75. The molecule has 47 heavy (non-hydrogen) atoms. The van der Waals surface area contributed by atoms with E-state index in [0.717, 1.165) is 17.0 Å². The molecular formula is C33H24ClF6N3O4. The summed E-state index contributed by atoms with van der Waals surface area (Å²) in [6.07, 6.45) is -5.39. The zero-order chi connectivity index (χ0) is 34.0. The Morgan fingerprint density at radius 3 is 2.51 bits per heavy atom. The van der Waals surface area contributed by atoms with Crippen LogP contribution in [0.15, 0.2) is 60.8 Å². The van der Waals surface area contributed by atoms with Crippen LogP contribution in [0.4, 0.5) is 26.3 Å². The van der Waals surface area contributed by atoms with E-state index in [-0.39, 0.29) is 53.6 Å². The van der Waals surface area contributed by atoms with E-state index in [9.17, 15) is 40.7 Å². The Hall–Kier alpha value is -4.96. The van der Waals surface area contributed by atoms with Gasteiger partial charge in [-0.25, -0.2) is 13.2 Å². The molecule has 1 saturated heterocycles. The Balaban J connectivity index is 1.36. The molecule has 0 radical (unpaired) electrons. The average Bonchev–Trinajstić information content (AvgIpc) is 3.58. The van der Waals surface area contributed by atoms with Gasteiger partial charge in [-0.3, -0.25) is 14.4 Å². The van der Waals surface area contributed by atoms with Crippen molar-refractivity contribution in [1.82, 2.24) is 14.8 Å². The van der Waals surface area contributed by atoms with Crippen molar-refractivity contribution >= 4 is 40.1 Å². The Kier molecular flexibility index (Phi) is 9.53. The second kappa shape index (κ2) is 13.4. The lowest BCUT2D eigenvalue weighted by molar-refractivity contribution is -0.275. The molecule has 1 fully saturated rings. The molecule has 244 valence electrons. The van der Waals surface area contributed by atoms with Gasteiger partial charge in [0, 0.05) is 46.8 Å². The van der Waals surface area contributed by atoms with Crippen LogP contribution in [0.25, 0.3) is 10.9 Å². The number of alkyl halides is 4. The summed E-state index contributed by atoms with van der Waals surface area (Å²) in [4.78, 5) is 39.9. The molecular weight excluding hydrogens is 652 g/mol. The minimum absolute atomic E-state index is 0.118. The van der Waals surface area contributed by atoms with Gasteiger partial charge in [0.2, 0.25) is 11.8 Å². The maximum Gasteiger partial charge on any atom is 0.573 e. The van der Waals surface area contributed by atoms with E-state index in [1.54, 1.807) is 6.07 Å². The Bertz CT molecular complexity index is 1950. The maximum absolute atomic E-state index is 14.6. The zero-order valence-electron chi connectivity index (χ0n) is 24.4. The van der Waals surface area contributed by atoms with Crippen LogP contribution in [-0.2, 0) is 22.7 Å². The van der Waals surface area contributed by atoms with Gasteiger partial charge in [0.25, 0.3) is 0 Å². The lowest BCUT2D eigenvalue weighted by Gasteiger charge is -2.24. The van der Waals surface area contributed by atoms with Gasteiger partial charge in [0.15, 0.2) is 17.3 Å². The van der Waals surface area contributed by atoms with Gasteiger partial charge in [-0.1, -0.05) is 41.6 Å². The number of Topliss-reactive ketones (excluding diaryl/α,β-unsaturated/α-hetero) is 1. The standard InChI is InChI=1S/C33H24ClF6N3O4/c1-18(44)24-16-42(17-29(45)43-15-22(35)13-27(43)32(46)41-14-21-5-2-6-25(34)30(21)36)26-11-9-19(12-23(24)26)8-10-20-4-3-7-28(31(20)37)47-33(38,39)40/h2-7,9,11-12,16,22,27H,13-15,17H2,1H3,(H,41,46)/t22-,27+/m1/s1. The predicted octanol–water partition coefficient (Wildman–Crippen LogP) is 6.33. The number of likely N-dealkylation sites (tertiary alicyclic amines) is 1. The van der Waals surface area contributed by atoms with Crippen LogP contribution in [0.1, 0.15) is 40.4 Å². The first kappa shape index (κ1) is 33.4. The monoisotopic (exact) mass is 675 g/mol. The normalized spacial score (nSPS) is 16.1. The number of nitrogens with one attached hydrogen (secondary N) is 1. The first-order valence-corrected chi connectivity index (χ1v) is 14.4. The molecule has 5 rings (SSSR count). The fraction of sp³-hybridized carbons (Fsp3) is 0.242. The number of halogens is 7. The van der Waals surface area contributed by atoms with E-state index in [1.807, 2.05) is 0 Å². The Labute approximate surface area is 269 Å². The van der Waals surface area contributed by atoms with Crippen LogP contribution in [0, 0.1) is 23.5 Å². The van der Waals surface area contributed by atoms with E-state index in [0.29, 0.717) is 16.5 Å². The summed E-state index contributed by atoms with van der Waals surface area (Å²) in [6, 6.07) is 10.8. The number of rotatable bonds is 7. The van der Waals surface area contributed by atoms with Crippen molar-refractivity contribution in [2.24, 2.45) is 0 Å². The van der Waals surface area contributed by atoms with Gasteiger partial charge in [0.1, 0.15) is 24.6 Å². The van der Waals surface area contributed by atoms with Gasteiger partial charge in [-0.05, 0) is 43.3 Å². The summed E-state index contributed by atoms with van der Waals surface area (Å²) in [5.74, 6) is 0.454. The molecule has 2 atom stereocenters. The number of ketones is 1.